The van der Waals surface area contributed by atoms with Crippen LogP contribution in [0.15, 0.2) is 72.8 Å². The Kier molecular flexibility index (Phi) is 11.8. The number of fused-ring (bicyclic) bond motifs is 6. The first-order chi connectivity index (χ1) is 25.0. The van der Waals surface area contributed by atoms with Gasteiger partial charge in [0, 0.05) is 5.41 Å². The number of hydrogen-bond donors (Lipinski definition) is 0. The standard InChI is InChI=1S/C50H67IN2/c1-12-13-14-15-16-17-26-50(51)45-32-36(19-23-41(45)42-25-21-38(34-46(42)50)48(5,6)7)35-18-22-39-40-24-20-37(47(2,3)4)33-44(40)49(43(39)31-35,27-29-52(8)9)28-30-53(10)11/h18-25,31-34H,12-17,26-30H2,1-11H3. The number of unbranched alkanes of at least 4 members (excludes halogenated alkanes) is 5. The second kappa shape index (κ2) is 15.6. The summed E-state index contributed by atoms with van der Waals surface area (Å²) in [5, 5.41) is 0. The SMILES string of the molecule is CCCCCCCCC1(I)c2cc(-c3ccc4c(c3)C(CCN(C)C)(CCN(C)C)c3cc(C(C)(C)C)ccc3-4)ccc2-c2ccc(C(C)(C)C)cc21. The summed E-state index contributed by atoms with van der Waals surface area (Å²) in [7, 11) is 8.92. The third kappa shape index (κ3) is 7.96. The zero-order chi connectivity index (χ0) is 38.3. The lowest BCUT2D eigenvalue weighted by Gasteiger charge is -2.35. The topological polar surface area (TPSA) is 6.48 Å². The van der Waals surface area contributed by atoms with Gasteiger partial charge < -0.3 is 9.80 Å². The van der Waals surface area contributed by atoms with E-state index in [4.69, 9.17) is 0 Å². The van der Waals surface area contributed by atoms with Crippen LogP contribution in [0.4, 0.5) is 0 Å². The van der Waals surface area contributed by atoms with Gasteiger partial charge in [0.15, 0.2) is 0 Å². The lowest BCUT2D eigenvalue weighted by atomic mass is 9.71. The van der Waals surface area contributed by atoms with Crippen LogP contribution >= 0.6 is 22.6 Å². The van der Waals surface area contributed by atoms with E-state index in [0.717, 1.165) is 25.9 Å². The average Bonchev–Trinajstić information content (AvgIpc) is 3.52. The van der Waals surface area contributed by atoms with E-state index in [9.17, 15) is 0 Å². The second-order valence-electron chi connectivity index (χ2n) is 19.0. The average molecular weight is 823 g/mol. The Morgan fingerprint density at radius 1 is 0.491 bits per heavy atom. The van der Waals surface area contributed by atoms with Crippen LogP contribution in [0.3, 0.4) is 0 Å². The zero-order valence-electron chi connectivity index (χ0n) is 35.0. The highest BCUT2D eigenvalue weighted by atomic mass is 127. The summed E-state index contributed by atoms with van der Waals surface area (Å²) in [5.41, 5.74) is 17.5. The molecule has 6 rings (SSSR count). The summed E-state index contributed by atoms with van der Waals surface area (Å²) in [4.78, 5) is 4.75. The van der Waals surface area contributed by atoms with Crippen molar-refractivity contribution in [3.05, 3.63) is 106 Å². The first-order valence-corrected chi connectivity index (χ1v) is 21.7. The van der Waals surface area contributed by atoms with Gasteiger partial charge in [-0.05, 0) is 150 Å². The predicted octanol–water partition coefficient (Wildman–Crippen LogP) is 13.5. The van der Waals surface area contributed by atoms with Gasteiger partial charge in [0.2, 0.25) is 0 Å². The van der Waals surface area contributed by atoms with E-state index in [1.807, 2.05) is 0 Å². The van der Waals surface area contributed by atoms with Crippen molar-refractivity contribution in [2.75, 3.05) is 41.3 Å². The Hall–Kier alpha value is -2.47. The van der Waals surface area contributed by atoms with Crippen LogP contribution in [-0.4, -0.2) is 51.1 Å². The molecule has 1 atom stereocenters. The molecule has 1 unspecified atom stereocenters. The van der Waals surface area contributed by atoms with Gasteiger partial charge in [-0.2, -0.15) is 0 Å². The van der Waals surface area contributed by atoms with E-state index in [1.165, 1.54) is 112 Å². The fourth-order valence-electron chi connectivity index (χ4n) is 9.06. The van der Waals surface area contributed by atoms with E-state index >= 15 is 0 Å². The molecule has 2 aliphatic rings. The normalized spacial score (nSPS) is 17.3. The van der Waals surface area contributed by atoms with E-state index in [-0.39, 0.29) is 19.7 Å². The minimum absolute atomic E-state index is 0.0258. The smallest absolute Gasteiger partial charge is 0.0731 e. The minimum atomic E-state index is -0.0441. The van der Waals surface area contributed by atoms with Gasteiger partial charge in [0.05, 0.1) is 3.42 Å². The Bertz CT molecular complexity index is 1910. The molecule has 0 spiro atoms. The highest BCUT2D eigenvalue weighted by molar-refractivity contribution is 14.1. The van der Waals surface area contributed by atoms with Crippen molar-refractivity contribution in [2.45, 2.75) is 126 Å². The van der Waals surface area contributed by atoms with Crippen molar-refractivity contribution in [1.29, 1.82) is 0 Å². The van der Waals surface area contributed by atoms with E-state index in [2.05, 4.69) is 182 Å². The van der Waals surface area contributed by atoms with Gasteiger partial charge in [-0.25, -0.2) is 0 Å². The van der Waals surface area contributed by atoms with Crippen molar-refractivity contribution in [3.63, 3.8) is 0 Å². The molecule has 0 saturated heterocycles. The van der Waals surface area contributed by atoms with Gasteiger partial charge in [-0.1, -0.05) is 170 Å². The zero-order valence-corrected chi connectivity index (χ0v) is 37.1. The Morgan fingerprint density at radius 2 is 0.887 bits per heavy atom. The minimum Gasteiger partial charge on any atom is -0.309 e. The van der Waals surface area contributed by atoms with Crippen LogP contribution in [0.2, 0.25) is 0 Å². The van der Waals surface area contributed by atoms with Gasteiger partial charge in [-0.3, -0.25) is 0 Å². The Labute approximate surface area is 337 Å². The predicted molar refractivity (Wildman–Crippen MR) is 240 cm³/mol. The number of halogens is 1. The number of nitrogens with zero attached hydrogens (tertiary/aromatic N) is 2. The fourth-order valence-corrected chi connectivity index (χ4v) is 10.3. The van der Waals surface area contributed by atoms with Gasteiger partial charge >= 0.3 is 0 Å². The van der Waals surface area contributed by atoms with Gasteiger partial charge in [0.25, 0.3) is 0 Å². The van der Waals surface area contributed by atoms with Crippen molar-refractivity contribution in [3.8, 4) is 33.4 Å². The summed E-state index contributed by atoms with van der Waals surface area (Å²) >= 11 is 2.87. The summed E-state index contributed by atoms with van der Waals surface area (Å²) in [6.07, 6.45) is 11.3. The maximum atomic E-state index is 2.87. The molecule has 284 valence electrons. The maximum absolute atomic E-state index is 2.87. The van der Waals surface area contributed by atoms with Crippen LogP contribution in [0.25, 0.3) is 33.4 Å². The first-order valence-electron chi connectivity index (χ1n) is 20.6. The number of alkyl halides is 1. The van der Waals surface area contributed by atoms with E-state index < -0.39 is 0 Å². The van der Waals surface area contributed by atoms with Gasteiger partial charge in [-0.15, -0.1) is 0 Å². The van der Waals surface area contributed by atoms with Crippen molar-refractivity contribution >= 4 is 22.6 Å². The molecule has 0 heterocycles. The first kappa shape index (κ1) is 40.2. The Balaban J connectivity index is 1.47. The summed E-state index contributed by atoms with van der Waals surface area (Å²) in [5.74, 6) is 0. The van der Waals surface area contributed by atoms with E-state index in [0.29, 0.717) is 0 Å². The molecule has 0 aromatic heterocycles. The molecule has 2 nitrogen and oxygen atoms in total. The molecule has 53 heavy (non-hydrogen) atoms. The third-order valence-corrected chi connectivity index (χ3v) is 14.2. The molecule has 0 radical (unpaired) electrons. The molecule has 4 aromatic carbocycles. The second-order valence-corrected chi connectivity index (χ2v) is 20.9. The van der Waals surface area contributed by atoms with Crippen molar-refractivity contribution < 1.29 is 0 Å². The molecular weight excluding hydrogens is 755 g/mol. The highest BCUT2D eigenvalue weighted by Crippen LogP contribution is 2.58. The third-order valence-electron chi connectivity index (χ3n) is 12.5. The monoisotopic (exact) mass is 822 g/mol. The molecule has 4 aromatic rings. The molecule has 3 heteroatoms. The van der Waals surface area contributed by atoms with E-state index in [1.54, 1.807) is 0 Å². The van der Waals surface area contributed by atoms with Crippen LogP contribution in [0.1, 0.15) is 140 Å². The largest absolute Gasteiger partial charge is 0.309 e. The molecule has 0 saturated carbocycles. The lowest BCUT2D eigenvalue weighted by Crippen LogP contribution is -2.34. The molecule has 0 N–H and O–H groups in total. The highest BCUT2D eigenvalue weighted by Gasteiger charge is 2.44. The molecule has 0 aliphatic heterocycles. The molecule has 0 fully saturated rings. The molecule has 0 bridgehead atoms. The fraction of sp³-hybridized carbons (Fsp3) is 0.520. The van der Waals surface area contributed by atoms with Crippen LogP contribution in [0, 0.1) is 0 Å². The molecule has 2 aliphatic carbocycles. The molecular formula is C50H67IN2. The number of hydrogen-bond acceptors (Lipinski definition) is 2. The summed E-state index contributed by atoms with van der Waals surface area (Å²) in [6.45, 7) is 18.5. The Morgan fingerprint density at radius 3 is 1.38 bits per heavy atom. The number of benzene rings is 4. The quantitative estimate of drug-likeness (QED) is 0.0710. The number of rotatable bonds is 14. The van der Waals surface area contributed by atoms with Crippen LogP contribution < -0.4 is 0 Å². The lowest BCUT2D eigenvalue weighted by molar-refractivity contribution is 0.299. The van der Waals surface area contributed by atoms with Crippen LogP contribution in [0.5, 0.6) is 0 Å². The van der Waals surface area contributed by atoms with Gasteiger partial charge in [0.1, 0.15) is 0 Å². The summed E-state index contributed by atoms with van der Waals surface area (Å²) in [6, 6.07) is 29.7. The van der Waals surface area contributed by atoms with Crippen LogP contribution in [-0.2, 0) is 19.7 Å². The molecule has 0 amide bonds. The summed E-state index contributed by atoms with van der Waals surface area (Å²) < 4.78 is -0.0258. The van der Waals surface area contributed by atoms with Crippen molar-refractivity contribution in [1.82, 2.24) is 9.80 Å². The van der Waals surface area contributed by atoms with Crippen molar-refractivity contribution in [2.24, 2.45) is 0 Å². The maximum Gasteiger partial charge on any atom is 0.0731 e.